The second-order valence-corrected chi connectivity index (χ2v) is 4.89. The zero-order valence-corrected chi connectivity index (χ0v) is 12.8. The van der Waals surface area contributed by atoms with Gasteiger partial charge in [-0.1, -0.05) is 0 Å². The van der Waals surface area contributed by atoms with Crippen LogP contribution in [0, 0.1) is 10.1 Å². The van der Waals surface area contributed by atoms with E-state index in [2.05, 4.69) is 10.2 Å². The first-order chi connectivity index (χ1) is 10.0. The molecule has 0 amide bonds. The number of benzene rings is 1. The Labute approximate surface area is 125 Å². The van der Waals surface area contributed by atoms with Gasteiger partial charge < -0.3 is 19.7 Å². The van der Waals surface area contributed by atoms with E-state index in [4.69, 9.17) is 9.47 Å². The van der Waals surface area contributed by atoms with Gasteiger partial charge in [-0.25, -0.2) is 0 Å². The summed E-state index contributed by atoms with van der Waals surface area (Å²) < 4.78 is 10.5. The van der Waals surface area contributed by atoms with Gasteiger partial charge in [0.1, 0.15) is 5.75 Å². The molecule has 0 aliphatic rings. The van der Waals surface area contributed by atoms with Crippen LogP contribution in [0.3, 0.4) is 0 Å². The minimum absolute atomic E-state index is 0.0355. The summed E-state index contributed by atoms with van der Waals surface area (Å²) in [7, 11) is 5.49. The highest BCUT2D eigenvalue weighted by atomic mass is 16.6. The number of nitrogens with one attached hydrogen (secondary N) is 1. The lowest BCUT2D eigenvalue weighted by Gasteiger charge is -2.10. The van der Waals surface area contributed by atoms with Gasteiger partial charge in [-0.15, -0.1) is 0 Å². The van der Waals surface area contributed by atoms with E-state index in [1.165, 1.54) is 13.2 Å². The van der Waals surface area contributed by atoms with E-state index >= 15 is 0 Å². The maximum Gasteiger partial charge on any atom is 0.273 e. The Hall–Kier alpha value is -1.70. The van der Waals surface area contributed by atoms with Crippen LogP contribution < -0.4 is 10.1 Å². The minimum atomic E-state index is -0.420. The van der Waals surface area contributed by atoms with Crippen LogP contribution in [0.2, 0.25) is 0 Å². The lowest BCUT2D eigenvalue weighted by molar-refractivity contribution is -0.385. The van der Waals surface area contributed by atoms with Crippen LogP contribution in [0.15, 0.2) is 18.2 Å². The van der Waals surface area contributed by atoms with Crippen LogP contribution in [0.4, 0.5) is 5.69 Å². The number of nitro groups is 1. The molecule has 0 heterocycles. The fourth-order valence-electron chi connectivity index (χ4n) is 1.70. The van der Waals surface area contributed by atoms with Crippen molar-refractivity contribution in [2.75, 3.05) is 47.5 Å². The average Bonchev–Trinajstić information content (AvgIpc) is 2.45. The first-order valence-corrected chi connectivity index (χ1v) is 6.78. The molecule has 1 N–H and O–H groups in total. The van der Waals surface area contributed by atoms with Gasteiger partial charge in [0.05, 0.1) is 31.3 Å². The first-order valence-electron chi connectivity index (χ1n) is 6.78. The molecule has 0 spiro atoms. The van der Waals surface area contributed by atoms with Gasteiger partial charge in [0.25, 0.3) is 5.69 Å². The minimum Gasteiger partial charge on any atom is -0.496 e. The smallest absolute Gasteiger partial charge is 0.273 e. The molecule has 0 aliphatic carbocycles. The summed E-state index contributed by atoms with van der Waals surface area (Å²) in [6.45, 7) is 3.43. The zero-order valence-electron chi connectivity index (χ0n) is 12.8. The van der Waals surface area contributed by atoms with Crippen LogP contribution in [0.5, 0.6) is 5.75 Å². The molecule has 1 aromatic rings. The standard InChI is InChI=1S/C14H23N3O4/c1-16(2)5-7-21-6-4-15-11-12-8-13(17(18)19)10-14(9-12)20-3/h8-10,15H,4-7,11H2,1-3H3. The molecule has 7 nitrogen and oxygen atoms in total. The number of hydrogen-bond acceptors (Lipinski definition) is 6. The second kappa shape index (κ2) is 9.28. The van der Waals surface area contributed by atoms with Crippen molar-refractivity contribution in [2.45, 2.75) is 6.54 Å². The van der Waals surface area contributed by atoms with Crippen molar-refractivity contribution in [1.82, 2.24) is 10.2 Å². The average molecular weight is 297 g/mol. The molecule has 0 radical (unpaired) electrons. The van der Waals surface area contributed by atoms with Crippen molar-refractivity contribution < 1.29 is 14.4 Å². The number of rotatable bonds is 10. The highest BCUT2D eigenvalue weighted by Gasteiger charge is 2.09. The Morgan fingerprint density at radius 3 is 2.67 bits per heavy atom. The molecule has 0 saturated carbocycles. The maximum absolute atomic E-state index is 10.8. The molecule has 0 saturated heterocycles. The Morgan fingerprint density at radius 2 is 2.05 bits per heavy atom. The number of nitro benzene ring substituents is 1. The van der Waals surface area contributed by atoms with Gasteiger partial charge in [-0.05, 0) is 25.7 Å². The second-order valence-electron chi connectivity index (χ2n) is 4.89. The van der Waals surface area contributed by atoms with Gasteiger partial charge in [0.2, 0.25) is 0 Å². The number of nitrogens with zero attached hydrogens (tertiary/aromatic N) is 2. The molecule has 21 heavy (non-hydrogen) atoms. The highest BCUT2D eigenvalue weighted by molar-refractivity contribution is 5.42. The Bertz CT molecular complexity index is 452. The Balaban J connectivity index is 2.34. The number of methoxy groups -OCH3 is 1. The SMILES string of the molecule is COc1cc(CNCCOCCN(C)C)cc([N+](=O)[O-])c1. The molecule has 0 fully saturated rings. The summed E-state index contributed by atoms with van der Waals surface area (Å²) in [6, 6.07) is 4.74. The van der Waals surface area contributed by atoms with Gasteiger partial charge in [-0.3, -0.25) is 10.1 Å². The monoisotopic (exact) mass is 297 g/mol. The fraction of sp³-hybridized carbons (Fsp3) is 0.571. The van der Waals surface area contributed by atoms with Crippen LogP contribution in [-0.2, 0) is 11.3 Å². The summed E-state index contributed by atoms with van der Waals surface area (Å²) in [5, 5.41) is 14.0. The predicted molar refractivity (Wildman–Crippen MR) is 80.7 cm³/mol. The van der Waals surface area contributed by atoms with Gasteiger partial charge in [0.15, 0.2) is 0 Å². The van der Waals surface area contributed by atoms with Crippen LogP contribution in [-0.4, -0.2) is 57.3 Å². The first kappa shape index (κ1) is 17.4. The predicted octanol–water partition coefficient (Wildman–Crippen LogP) is 1.27. The Morgan fingerprint density at radius 1 is 1.29 bits per heavy atom. The number of hydrogen-bond donors (Lipinski definition) is 1. The van der Waals surface area contributed by atoms with E-state index in [9.17, 15) is 10.1 Å². The third-order valence-corrected chi connectivity index (χ3v) is 2.83. The molecular weight excluding hydrogens is 274 g/mol. The largest absolute Gasteiger partial charge is 0.496 e. The van der Waals surface area contributed by atoms with E-state index in [1.807, 2.05) is 14.1 Å². The van der Waals surface area contributed by atoms with Crippen molar-refractivity contribution in [3.8, 4) is 5.75 Å². The van der Waals surface area contributed by atoms with E-state index in [0.717, 1.165) is 12.1 Å². The van der Waals surface area contributed by atoms with Crippen LogP contribution in [0.1, 0.15) is 5.56 Å². The summed E-state index contributed by atoms with van der Waals surface area (Å²) in [4.78, 5) is 12.5. The molecule has 1 aromatic carbocycles. The van der Waals surface area contributed by atoms with E-state index in [1.54, 1.807) is 12.1 Å². The Kier molecular flexibility index (Phi) is 7.66. The molecule has 1 rings (SSSR count). The third-order valence-electron chi connectivity index (χ3n) is 2.83. The molecule has 0 aliphatic heterocycles. The highest BCUT2D eigenvalue weighted by Crippen LogP contribution is 2.22. The third kappa shape index (κ3) is 7.03. The van der Waals surface area contributed by atoms with Crippen molar-refractivity contribution >= 4 is 5.69 Å². The zero-order chi connectivity index (χ0) is 15.7. The van der Waals surface area contributed by atoms with E-state index in [-0.39, 0.29) is 5.69 Å². The lowest BCUT2D eigenvalue weighted by Crippen LogP contribution is -2.23. The molecular formula is C14H23N3O4. The molecule has 0 atom stereocenters. The van der Waals surface area contributed by atoms with E-state index < -0.39 is 4.92 Å². The summed E-state index contributed by atoms with van der Waals surface area (Å²) in [5.41, 5.74) is 0.850. The summed E-state index contributed by atoms with van der Waals surface area (Å²) >= 11 is 0. The fourth-order valence-corrected chi connectivity index (χ4v) is 1.70. The lowest BCUT2D eigenvalue weighted by atomic mass is 10.2. The van der Waals surface area contributed by atoms with Gasteiger partial charge >= 0.3 is 0 Å². The summed E-state index contributed by atoms with van der Waals surface area (Å²) in [5.74, 6) is 0.489. The molecule has 0 aromatic heterocycles. The number of non-ortho nitro benzene ring substituents is 1. The van der Waals surface area contributed by atoms with Crippen LogP contribution >= 0.6 is 0 Å². The number of ether oxygens (including phenoxy) is 2. The van der Waals surface area contributed by atoms with Gasteiger partial charge in [0, 0.05) is 25.7 Å². The topological polar surface area (TPSA) is 76.9 Å². The summed E-state index contributed by atoms with van der Waals surface area (Å²) in [6.07, 6.45) is 0. The van der Waals surface area contributed by atoms with Crippen molar-refractivity contribution in [3.05, 3.63) is 33.9 Å². The maximum atomic E-state index is 10.8. The van der Waals surface area contributed by atoms with Crippen molar-refractivity contribution in [3.63, 3.8) is 0 Å². The van der Waals surface area contributed by atoms with E-state index in [0.29, 0.717) is 32.1 Å². The normalized spacial score (nSPS) is 10.9. The van der Waals surface area contributed by atoms with Crippen molar-refractivity contribution in [2.24, 2.45) is 0 Å². The quantitative estimate of drug-likeness (QED) is 0.398. The van der Waals surface area contributed by atoms with Gasteiger partial charge in [-0.2, -0.15) is 0 Å². The molecule has 0 bridgehead atoms. The number of likely N-dealkylation sites (N-methyl/N-ethyl adjacent to an activating group) is 1. The van der Waals surface area contributed by atoms with Crippen LogP contribution in [0.25, 0.3) is 0 Å². The van der Waals surface area contributed by atoms with Crippen molar-refractivity contribution in [1.29, 1.82) is 0 Å². The molecule has 0 unspecified atom stereocenters. The molecule has 7 heteroatoms. The molecule has 118 valence electrons.